The van der Waals surface area contributed by atoms with Crippen LogP contribution in [0.2, 0.25) is 10.0 Å². The molecule has 10 heteroatoms. The first kappa shape index (κ1) is 109. The highest BCUT2D eigenvalue weighted by Gasteiger charge is 2.28. The van der Waals surface area contributed by atoms with E-state index < -0.39 is 0 Å². The van der Waals surface area contributed by atoms with Crippen molar-refractivity contribution in [1.29, 1.82) is 0 Å². The molecule has 12 rings (SSSR count). The maximum absolute atomic E-state index is 13.7. The smallest absolute Gasteiger partial charge is 0.319 e. The molecule has 0 bridgehead atoms. The lowest BCUT2D eigenvalue weighted by Gasteiger charge is -2.18. The molecule has 0 radical (unpaired) electrons. The van der Waals surface area contributed by atoms with Crippen LogP contribution in [0.4, 0.5) is 20.6 Å². The zero-order valence-corrected chi connectivity index (χ0v) is 86.6. The fraction of sp³-hybridized carbons (Fsp3) is 0.557. The SMILES string of the molecule is CC(C)c1ccc(C(=P)CCC2CC2)cc1C(C)C.CC(C)c1ccc(C2CC2)cc1C(C)C.CC(C)c1ccc(Cl)c(F)c1C(C)C.CC(C)c1ccc(Cl)cc1C(C)C.CC(C)c1ccc(NC(=O)CC2CC2)cc1C(C)C.CC(C)c1ccc(NC(=O)NC2CC2)cc1C(C)C.CC(C)c1ccccc1C(C)C.COc1ccc(C(C)C)c(C(C)C)c1. The van der Waals surface area contributed by atoms with E-state index in [1.54, 1.807) is 24.3 Å². The number of hydrogen-bond donors (Lipinski definition) is 3. The molecule has 0 spiro atoms. The van der Waals surface area contributed by atoms with Crippen LogP contribution in [0.1, 0.15) is 493 Å². The first-order valence-electron chi connectivity index (χ1n) is 48.2. The highest BCUT2D eigenvalue weighted by atomic mass is 35.5. The van der Waals surface area contributed by atoms with E-state index in [0.29, 0.717) is 107 Å². The number of hydrogen-bond acceptors (Lipinski definition) is 3. The summed E-state index contributed by atoms with van der Waals surface area (Å²) in [6, 6.07) is 51.9. The minimum Gasteiger partial charge on any atom is -0.497 e. The second-order valence-electron chi connectivity index (χ2n) is 41.0. The van der Waals surface area contributed by atoms with Crippen LogP contribution in [0.25, 0.3) is 0 Å². The van der Waals surface area contributed by atoms with Gasteiger partial charge >= 0.3 is 6.03 Å². The normalized spacial score (nSPS) is 13.6. The molecule has 4 aliphatic carbocycles. The Kier molecular flexibility index (Phi) is 45.6. The van der Waals surface area contributed by atoms with Crippen molar-refractivity contribution in [2.75, 3.05) is 17.7 Å². The average Bonchev–Trinajstić information content (AvgIpc) is 1.75. The maximum Gasteiger partial charge on any atom is 0.319 e. The van der Waals surface area contributed by atoms with Gasteiger partial charge in [-0.2, -0.15) is 0 Å². The molecule has 0 saturated heterocycles. The number of urea groups is 1. The van der Waals surface area contributed by atoms with Gasteiger partial charge in [0.1, 0.15) is 11.6 Å². The van der Waals surface area contributed by atoms with Crippen molar-refractivity contribution in [3.05, 3.63) is 262 Å². The van der Waals surface area contributed by atoms with Gasteiger partial charge in [0.25, 0.3) is 0 Å². The number of methoxy groups -OCH3 is 1. The van der Waals surface area contributed by atoms with Crippen LogP contribution in [0.15, 0.2) is 146 Å². The third-order valence-electron chi connectivity index (χ3n) is 24.3. The quantitative estimate of drug-likeness (QED) is 0.0449. The molecule has 0 heterocycles. The third-order valence-corrected chi connectivity index (χ3v) is 25.4. The number of nitrogens with one attached hydrogen (secondary N) is 3. The molecule has 6 nitrogen and oxygen atoms in total. The third kappa shape index (κ3) is 36.5. The lowest BCUT2D eigenvalue weighted by Crippen LogP contribution is -2.30. The van der Waals surface area contributed by atoms with E-state index in [9.17, 15) is 14.0 Å². The number of ether oxygens (including phenoxy) is 1. The van der Waals surface area contributed by atoms with Gasteiger partial charge in [0, 0.05) is 28.9 Å². The molecule has 3 amide bonds. The number of carbonyl (C=O) groups is 2. The van der Waals surface area contributed by atoms with E-state index in [1.165, 1.54) is 135 Å². The Morgan fingerprint density at radius 3 is 1.11 bits per heavy atom. The number of rotatable bonds is 27. The number of anilines is 2. The maximum atomic E-state index is 13.7. The lowest BCUT2D eigenvalue weighted by atomic mass is 9.88. The van der Waals surface area contributed by atoms with E-state index in [1.807, 2.05) is 44.2 Å². The second kappa shape index (κ2) is 52.6. The molecule has 0 unspecified atom stereocenters. The van der Waals surface area contributed by atoms with E-state index >= 15 is 0 Å². The number of carbonyl (C=O) groups excluding carboxylic acids is 2. The van der Waals surface area contributed by atoms with Gasteiger partial charge in [-0.1, -0.05) is 349 Å². The van der Waals surface area contributed by atoms with E-state index in [-0.39, 0.29) is 28.7 Å². The van der Waals surface area contributed by atoms with Gasteiger partial charge in [0.05, 0.1) is 12.1 Å². The van der Waals surface area contributed by atoms with Crippen LogP contribution < -0.4 is 20.7 Å². The molecule has 0 aromatic heterocycles. The molecule has 0 aliphatic heterocycles. The molecule has 4 aliphatic rings. The molecule has 4 saturated carbocycles. The summed E-state index contributed by atoms with van der Waals surface area (Å²) in [5, 5.41) is 11.3. The van der Waals surface area contributed by atoms with Crippen LogP contribution >= 0.6 is 32.1 Å². The Hall–Kier alpha value is -7.02. The minimum atomic E-state index is -0.257. The van der Waals surface area contributed by atoms with Gasteiger partial charge in [-0.3, -0.25) is 4.79 Å². The van der Waals surface area contributed by atoms with Crippen LogP contribution in [-0.2, 0) is 4.79 Å². The van der Waals surface area contributed by atoms with Gasteiger partial charge in [-0.05, 0) is 324 Å². The van der Waals surface area contributed by atoms with E-state index in [2.05, 4.69) is 342 Å². The summed E-state index contributed by atoms with van der Waals surface area (Å²) in [6.07, 6.45) is 13.6. The Morgan fingerprint density at radius 2 is 0.720 bits per heavy atom. The van der Waals surface area contributed by atoms with Crippen molar-refractivity contribution in [1.82, 2.24) is 5.32 Å². The monoisotopic (exact) mass is 1760 g/mol. The van der Waals surface area contributed by atoms with Gasteiger partial charge in [-0.15, -0.1) is 8.86 Å². The van der Waals surface area contributed by atoms with Crippen molar-refractivity contribution in [2.45, 2.75) is 399 Å². The van der Waals surface area contributed by atoms with Gasteiger partial charge < -0.3 is 20.7 Å². The van der Waals surface area contributed by atoms with Crippen LogP contribution in [0, 0.1) is 17.7 Å². The fourth-order valence-corrected chi connectivity index (χ4v) is 16.9. The topological polar surface area (TPSA) is 79.5 Å². The largest absolute Gasteiger partial charge is 0.497 e. The summed E-state index contributed by atoms with van der Waals surface area (Å²) in [7, 11) is 5.58. The molecule has 0 atom stereocenters. The zero-order valence-electron chi connectivity index (χ0n) is 84.0. The number of benzene rings is 8. The van der Waals surface area contributed by atoms with E-state index in [0.717, 1.165) is 58.0 Å². The summed E-state index contributed by atoms with van der Waals surface area (Å²) in [4.78, 5) is 23.6. The summed E-state index contributed by atoms with van der Waals surface area (Å²) in [5.74, 6) is 11.9. The molecule has 688 valence electrons. The zero-order chi connectivity index (χ0) is 93.7. The highest BCUT2D eigenvalue weighted by molar-refractivity contribution is 7.22. The summed E-state index contributed by atoms with van der Waals surface area (Å²) < 4.78 is 19.0. The molecule has 8 aromatic rings. The molecular formula is C115H169Cl2FN3O3P. The standard InChI is InChI=1S/C18H27P.C17H25NO.C16H24N2O.C15H22.C13H20O.C12H16ClF.C12H17Cl.C12H18/c1-12(2)16-9-8-15(11-17(16)13(3)4)18(19)10-7-14-5-6-14;1-11(2)15-8-7-14(10-16(15)12(3)4)18-17(19)9-13-5-6-13;1-10(2)14-8-7-13(9-15(14)11(3)4)18-16(19)17-12-5-6-12;1-10(2)14-8-7-13(12-5-6-12)9-15(14)11(3)4;1-9(2)12-7-6-11(14-5)8-13(12)10(3)4;1-7(2)9-5-6-10(13)12(14)11(9)8(3)4;1-8(2)11-6-5-10(13)7-12(11)9(3)4;1-9(2)11-7-5-6-8-12(11)10(3)4/h8-9,11-14,19H,5-7,10H2,1-4H3;7-8,10-13H,5-6,9H2,1-4H3,(H,18,19);7-12H,5-6H2,1-4H3,(H2,17,18,19);7-12H,5-6H2,1-4H3;6-10H,1-5H3;5-8H,1-4H3;5-9H,1-4H3;5-10H,1-4H3. The van der Waals surface area contributed by atoms with Gasteiger partial charge in [-0.25, -0.2) is 9.18 Å². The van der Waals surface area contributed by atoms with Crippen LogP contribution in [0.5, 0.6) is 5.75 Å². The summed E-state index contributed by atoms with van der Waals surface area (Å²) >= 11 is 11.7. The first-order chi connectivity index (χ1) is 58.7. The van der Waals surface area contributed by atoms with Gasteiger partial charge in [0.2, 0.25) is 5.91 Å². The fourth-order valence-electron chi connectivity index (χ4n) is 16.2. The number of amides is 3. The Labute approximate surface area is 775 Å². The van der Waals surface area contributed by atoms with Crippen molar-refractivity contribution in [2.24, 2.45) is 11.8 Å². The van der Waals surface area contributed by atoms with E-state index in [4.69, 9.17) is 27.9 Å². The molecule has 3 N–H and O–H groups in total. The molecule has 4 fully saturated rings. The summed E-state index contributed by atoms with van der Waals surface area (Å²) in [6.45, 7) is 70.8. The highest BCUT2D eigenvalue weighted by Crippen LogP contribution is 2.43. The molecule has 8 aromatic carbocycles. The molecule has 125 heavy (non-hydrogen) atoms. The Bertz CT molecular complexity index is 4520. The lowest BCUT2D eigenvalue weighted by molar-refractivity contribution is -0.116. The predicted octanol–water partition coefficient (Wildman–Crippen LogP) is 36.7. The second-order valence-corrected chi connectivity index (χ2v) is 42.4. The number of halogens is 3. The van der Waals surface area contributed by atoms with Crippen molar-refractivity contribution in [3.63, 3.8) is 0 Å². The van der Waals surface area contributed by atoms with Crippen molar-refractivity contribution in [3.8, 4) is 5.75 Å². The summed E-state index contributed by atoms with van der Waals surface area (Å²) in [5.41, 5.74) is 26.7. The average molecular weight is 1760 g/mol. The first-order valence-corrected chi connectivity index (χ1v) is 49.5. The van der Waals surface area contributed by atoms with Gasteiger partial charge in [0.15, 0.2) is 0 Å². The molecular weight excluding hydrogens is 1590 g/mol. The van der Waals surface area contributed by atoms with Crippen molar-refractivity contribution >= 4 is 60.7 Å². The Morgan fingerprint density at radius 1 is 0.368 bits per heavy atom. The van der Waals surface area contributed by atoms with Crippen molar-refractivity contribution < 1.29 is 18.7 Å². The Balaban J connectivity index is 0.000000255. The van der Waals surface area contributed by atoms with Crippen LogP contribution in [-0.4, -0.2) is 30.4 Å². The predicted molar refractivity (Wildman–Crippen MR) is 551 cm³/mol. The van der Waals surface area contributed by atoms with Crippen LogP contribution in [0.3, 0.4) is 0 Å². The minimum absolute atomic E-state index is 0.0884.